The summed E-state index contributed by atoms with van der Waals surface area (Å²) >= 11 is 0. The maximum absolute atomic E-state index is 12.0. The number of benzene rings is 1. The van der Waals surface area contributed by atoms with Gasteiger partial charge >= 0.3 is 0 Å². The SMILES string of the molecule is CC(C)(C)C(=O)NCCc1ccc(O[C@H]2OC(CO)[C@@H](O)[C@H](O)C2O[C@H]2OC(CO)[C@@H](O)[C@H](O)C2O)cc1. The van der Waals surface area contributed by atoms with E-state index < -0.39 is 80.0 Å². The maximum atomic E-state index is 12.0. The van der Waals surface area contributed by atoms with Crippen molar-refractivity contribution in [3.05, 3.63) is 29.8 Å². The van der Waals surface area contributed by atoms with Crippen molar-refractivity contribution < 1.29 is 59.5 Å². The number of nitrogens with one attached hydrogen (secondary N) is 1. The second-order valence-corrected chi connectivity index (χ2v) is 10.5. The molecule has 0 aliphatic carbocycles. The molecule has 0 spiro atoms. The van der Waals surface area contributed by atoms with Gasteiger partial charge in [0.15, 0.2) is 12.4 Å². The highest BCUT2D eigenvalue weighted by Crippen LogP contribution is 2.30. The van der Waals surface area contributed by atoms with Crippen LogP contribution in [0.15, 0.2) is 24.3 Å². The summed E-state index contributed by atoms with van der Waals surface area (Å²) in [5, 5.41) is 73.3. The van der Waals surface area contributed by atoms with Crippen LogP contribution in [0.25, 0.3) is 0 Å². The second kappa shape index (κ2) is 13.0. The van der Waals surface area contributed by atoms with Gasteiger partial charge in [-0.2, -0.15) is 0 Å². The number of carbonyl (C=O) groups excluding carboxylic acids is 1. The number of aliphatic hydroxyl groups is 7. The predicted octanol–water partition coefficient (Wildman–Crippen LogP) is -2.61. The van der Waals surface area contributed by atoms with E-state index in [-0.39, 0.29) is 5.91 Å². The molecule has 2 fully saturated rings. The molecule has 10 atom stereocenters. The lowest BCUT2D eigenvalue weighted by atomic mass is 9.95. The van der Waals surface area contributed by atoms with E-state index in [1.54, 1.807) is 24.3 Å². The molecule has 8 N–H and O–H groups in total. The third-order valence-electron chi connectivity index (χ3n) is 6.52. The highest BCUT2D eigenvalue weighted by atomic mass is 16.8. The first-order chi connectivity index (χ1) is 17.9. The van der Waals surface area contributed by atoms with Crippen molar-refractivity contribution in [3.63, 3.8) is 0 Å². The number of hydrogen-bond acceptors (Lipinski definition) is 12. The topological polar surface area (TPSA) is 208 Å². The molecular weight excluding hydrogens is 506 g/mol. The summed E-state index contributed by atoms with van der Waals surface area (Å²) in [6.07, 6.45) is -14.7. The number of hydrogen-bond donors (Lipinski definition) is 8. The molecule has 0 aromatic heterocycles. The molecule has 1 amide bonds. The first kappa shape index (κ1) is 30.6. The summed E-state index contributed by atoms with van der Waals surface area (Å²) in [6, 6.07) is 6.79. The molecule has 3 rings (SSSR count). The fourth-order valence-electron chi connectivity index (χ4n) is 4.09. The Morgan fingerprint density at radius 1 is 0.842 bits per heavy atom. The normalized spacial score (nSPS) is 36.1. The van der Waals surface area contributed by atoms with E-state index in [1.807, 2.05) is 20.8 Å². The first-order valence-corrected chi connectivity index (χ1v) is 12.5. The van der Waals surface area contributed by atoms with Crippen LogP contribution in [0.1, 0.15) is 26.3 Å². The largest absolute Gasteiger partial charge is 0.462 e. The van der Waals surface area contributed by atoms with E-state index in [0.29, 0.717) is 18.7 Å². The van der Waals surface area contributed by atoms with Crippen molar-refractivity contribution in [3.8, 4) is 5.75 Å². The lowest BCUT2D eigenvalue weighted by Gasteiger charge is -2.45. The van der Waals surface area contributed by atoms with E-state index in [1.165, 1.54) is 0 Å². The molecule has 0 radical (unpaired) electrons. The van der Waals surface area contributed by atoms with Gasteiger partial charge in [-0.1, -0.05) is 32.9 Å². The third-order valence-corrected chi connectivity index (χ3v) is 6.52. The van der Waals surface area contributed by atoms with Crippen molar-refractivity contribution in [2.24, 2.45) is 5.41 Å². The first-order valence-electron chi connectivity index (χ1n) is 12.5. The van der Waals surface area contributed by atoms with Gasteiger partial charge < -0.3 is 60.0 Å². The molecule has 1 aromatic rings. The van der Waals surface area contributed by atoms with Gasteiger partial charge in [0, 0.05) is 12.0 Å². The lowest BCUT2D eigenvalue weighted by molar-refractivity contribution is -0.357. The Bertz CT molecular complexity index is 891. The summed E-state index contributed by atoms with van der Waals surface area (Å²) in [5.74, 6) is 0.233. The molecule has 1 aromatic carbocycles. The molecule has 38 heavy (non-hydrogen) atoms. The standard InChI is InChI=1S/C25H39NO12/c1-25(2,3)24(34)26-9-8-12-4-6-13(7-5-12)35-23-21(19(32)17(30)15(11-28)37-23)38-22-20(33)18(31)16(29)14(10-27)36-22/h4-7,14-23,27-33H,8-11H2,1-3H3,(H,26,34)/t14?,15?,16-,17-,18+,19+,20?,21?,22-,23+/m1/s1. The number of aliphatic hydroxyl groups excluding tert-OH is 7. The van der Waals surface area contributed by atoms with Crippen LogP contribution in [0.4, 0.5) is 0 Å². The van der Waals surface area contributed by atoms with Crippen LogP contribution in [0.3, 0.4) is 0 Å². The Morgan fingerprint density at radius 3 is 1.95 bits per heavy atom. The molecular formula is C25H39NO12. The Morgan fingerprint density at radius 2 is 1.39 bits per heavy atom. The highest BCUT2D eigenvalue weighted by molar-refractivity contribution is 5.81. The minimum absolute atomic E-state index is 0.0588. The Labute approximate surface area is 220 Å². The van der Waals surface area contributed by atoms with Crippen molar-refractivity contribution in [1.29, 1.82) is 0 Å². The van der Waals surface area contributed by atoms with Crippen LogP contribution in [-0.2, 0) is 25.4 Å². The smallest absolute Gasteiger partial charge is 0.229 e. The molecule has 4 unspecified atom stereocenters. The molecule has 216 valence electrons. The number of rotatable bonds is 9. The predicted molar refractivity (Wildman–Crippen MR) is 130 cm³/mol. The molecule has 2 heterocycles. The van der Waals surface area contributed by atoms with Gasteiger partial charge in [0.1, 0.15) is 48.5 Å². The highest BCUT2D eigenvalue weighted by Gasteiger charge is 2.51. The van der Waals surface area contributed by atoms with Crippen molar-refractivity contribution in [2.75, 3.05) is 19.8 Å². The molecule has 2 aliphatic rings. The van der Waals surface area contributed by atoms with E-state index >= 15 is 0 Å². The van der Waals surface area contributed by atoms with Crippen LogP contribution < -0.4 is 10.1 Å². The van der Waals surface area contributed by atoms with E-state index in [2.05, 4.69) is 5.32 Å². The zero-order valence-corrected chi connectivity index (χ0v) is 21.6. The van der Waals surface area contributed by atoms with Gasteiger partial charge in [-0.15, -0.1) is 0 Å². The molecule has 2 aliphatic heterocycles. The van der Waals surface area contributed by atoms with Gasteiger partial charge in [0.2, 0.25) is 12.2 Å². The average Bonchev–Trinajstić information content (AvgIpc) is 2.88. The van der Waals surface area contributed by atoms with Crippen LogP contribution in [-0.4, -0.2) is 123 Å². The number of amides is 1. The number of carbonyl (C=O) groups is 1. The minimum atomic E-state index is -1.76. The van der Waals surface area contributed by atoms with Gasteiger partial charge in [0.05, 0.1) is 13.2 Å². The Balaban J connectivity index is 1.69. The molecule has 13 nitrogen and oxygen atoms in total. The summed E-state index contributed by atoms with van der Waals surface area (Å²) in [7, 11) is 0. The van der Waals surface area contributed by atoms with Crippen LogP contribution in [0.2, 0.25) is 0 Å². The monoisotopic (exact) mass is 545 g/mol. The average molecular weight is 546 g/mol. The van der Waals surface area contributed by atoms with Crippen LogP contribution in [0, 0.1) is 5.41 Å². The summed E-state index contributed by atoms with van der Waals surface area (Å²) in [4.78, 5) is 12.0. The molecule has 13 heteroatoms. The molecule has 0 bridgehead atoms. The quantitative estimate of drug-likeness (QED) is 0.161. The minimum Gasteiger partial charge on any atom is -0.462 e. The fourth-order valence-corrected chi connectivity index (χ4v) is 4.09. The summed E-state index contributed by atoms with van der Waals surface area (Å²) in [5.41, 5.74) is 0.421. The zero-order valence-electron chi connectivity index (χ0n) is 21.6. The summed E-state index contributed by atoms with van der Waals surface area (Å²) < 4.78 is 22.4. The lowest BCUT2D eigenvalue weighted by Crippen LogP contribution is -2.65. The Hall–Kier alpha value is -1.91. The van der Waals surface area contributed by atoms with Crippen molar-refractivity contribution in [1.82, 2.24) is 5.32 Å². The van der Waals surface area contributed by atoms with Crippen molar-refractivity contribution >= 4 is 5.91 Å². The van der Waals surface area contributed by atoms with Crippen LogP contribution >= 0.6 is 0 Å². The van der Waals surface area contributed by atoms with Gasteiger partial charge in [-0.05, 0) is 24.1 Å². The van der Waals surface area contributed by atoms with E-state index in [0.717, 1.165) is 5.56 Å². The zero-order chi connectivity index (χ0) is 28.2. The fraction of sp³-hybridized carbons (Fsp3) is 0.720. The van der Waals surface area contributed by atoms with Gasteiger partial charge in [-0.3, -0.25) is 4.79 Å². The van der Waals surface area contributed by atoms with Gasteiger partial charge in [-0.25, -0.2) is 0 Å². The maximum Gasteiger partial charge on any atom is 0.229 e. The number of ether oxygens (including phenoxy) is 4. The second-order valence-electron chi connectivity index (χ2n) is 10.5. The molecule has 0 saturated carbocycles. The van der Waals surface area contributed by atoms with Crippen molar-refractivity contribution in [2.45, 2.75) is 88.6 Å². The summed E-state index contributed by atoms with van der Waals surface area (Å²) in [6.45, 7) is 4.61. The van der Waals surface area contributed by atoms with Crippen LogP contribution in [0.5, 0.6) is 5.75 Å². The third kappa shape index (κ3) is 7.18. The van der Waals surface area contributed by atoms with Gasteiger partial charge in [0.25, 0.3) is 0 Å². The van der Waals surface area contributed by atoms with E-state index in [4.69, 9.17) is 18.9 Å². The molecule has 2 saturated heterocycles. The Kier molecular flexibility index (Phi) is 10.4. The van der Waals surface area contributed by atoms with E-state index in [9.17, 15) is 40.5 Å².